The number of amides is 1. The molecule has 2 rings (SSSR count). The molecule has 4 heteroatoms. The lowest BCUT2D eigenvalue weighted by molar-refractivity contribution is 0.0302. The van der Waals surface area contributed by atoms with Gasteiger partial charge < -0.3 is 14.4 Å². The summed E-state index contributed by atoms with van der Waals surface area (Å²) < 4.78 is 10.9. The summed E-state index contributed by atoms with van der Waals surface area (Å²) >= 11 is 0. The van der Waals surface area contributed by atoms with E-state index < -0.39 is 0 Å². The van der Waals surface area contributed by atoms with Crippen molar-refractivity contribution in [1.82, 2.24) is 4.90 Å². The Bertz CT molecular complexity index is 414. The van der Waals surface area contributed by atoms with Crippen LogP contribution in [0.5, 0.6) is 5.75 Å². The minimum atomic E-state index is 0.0595. The molecule has 19 heavy (non-hydrogen) atoms. The summed E-state index contributed by atoms with van der Waals surface area (Å²) in [5.74, 6) is 0.830. The average molecular weight is 263 g/mol. The van der Waals surface area contributed by atoms with Gasteiger partial charge in [-0.25, -0.2) is 0 Å². The van der Waals surface area contributed by atoms with Gasteiger partial charge in [-0.3, -0.25) is 4.79 Å². The molecule has 0 atom stereocenters. The number of hydrogen-bond acceptors (Lipinski definition) is 3. The van der Waals surface area contributed by atoms with Crippen LogP contribution >= 0.6 is 0 Å². The van der Waals surface area contributed by atoms with Gasteiger partial charge in [-0.1, -0.05) is 19.4 Å². The van der Waals surface area contributed by atoms with E-state index in [4.69, 9.17) is 9.47 Å². The zero-order chi connectivity index (χ0) is 13.5. The number of unbranched alkanes of at least 4 members (excludes halogenated alkanes) is 1. The van der Waals surface area contributed by atoms with Crippen LogP contribution < -0.4 is 4.74 Å². The van der Waals surface area contributed by atoms with E-state index in [9.17, 15) is 4.79 Å². The van der Waals surface area contributed by atoms with E-state index in [2.05, 4.69) is 6.92 Å². The van der Waals surface area contributed by atoms with Crippen LogP contribution in [0.15, 0.2) is 24.3 Å². The van der Waals surface area contributed by atoms with Crippen molar-refractivity contribution in [1.29, 1.82) is 0 Å². The standard InChI is InChI=1S/C15H21NO3/c1-2-3-9-19-14-6-4-5-13(12-14)15(17)16-7-10-18-11-8-16/h4-6,12H,2-3,7-11H2,1H3. The fraction of sp³-hybridized carbons (Fsp3) is 0.533. The second-order valence-corrected chi connectivity index (χ2v) is 4.63. The summed E-state index contributed by atoms with van der Waals surface area (Å²) in [5, 5.41) is 0. The fourth-order valence-corrected chi connectivity index (χ4v) is 2.00. The van der Waals surface area contributed by atoms with Crippen LogP contribution in [0.25, 0.3) is 0 Å². The summed E-state index contributed by atoms with van der Waals surface area (Å²) in [5.41, 5.74) is 0.691. The number of benzene rings is 1. The number of rotatable bonds is 5. The molecule has 1 aliphatic heterocycles. The Morgan fingerprint density at radius 2 is 2.16 bits per heavy atom. The molecule has 104 valence electrons. The monoisotopic (exact) mass is 263 g/mol. The van der Waals surface area contributed by atoms with Gasteiger partial charge in [0.1, 0.15) is 5.75 Å². The lowest BCUT2D eigenvalue weighted by atomic mass is 10.2. The molecule has 1 fully saturated rings. The minimum absolute atomic E-state index is 0.0595. The van der Waals surface area contributed by atoms with Crippen molar-refractivity contribution in [3.8, 4) is 5.75 Å². The van der Waals surface area contributed by atoms with E-state index in [-0.39, 0.29) is 5.91 Å². The summed E-state index contributed by atoms with van der Waals surface area (Å²) in [7, 11) is 0. The number of morpholine rings is 1. The van der Waals surface area contributed by atoms with Crippen molar-refractivity contribution in [3.63, 3.8) is 0 Å². The Kier molecular flexibility index (Phi) is 5.21. The highest BCUT2D eigenvalue weighted by Crippen LogP contribution is 2.16. The number of hydrogen-bond donors (Lipinski definition) is 0. The predicted octanol–water partition coefficient (Wildman–Crippen LogP) is 2.34. The predicted molar refractivity (Wildman–Crippen MR) is 73.6 cm³/mol. The van der Waals surface area contributed by atoms with E-state index >= 15 is 0 Å². The highest BCUT2D eigenvalue weighted by Gasteiger charge is 2.18. The fourth-order valence-electron chi connectivity index (χ4n) is 2.00. The van der Waals surface area contributed by atoms with Gasteiger partial charge in [-0.15, -0.1) is 0 Å². The van der Waals surface area contributed by atoms with Crippen molar-refractivity contribution in [3.05, 3.63) is 29.8 Å². The molecule has 0 aliphatic carbocycles. The smallest absolute Gasteiger partial charge is 0.254 e. The zero-order valence-electron chi connectivity index (χ0n) is 11.4. The quantitative estimate of drug-likeness (QED) is 0.765. The molecule has 1 saturated heterocycles. The van der Waals surface area contributed by atoms with Gasteiger partial charge in [0.2, 0.25) is 0 Å². The maximum absolute atomic E-state index is 12.3. The Hall–Kier alpha value is -1.55. The molecular weight excluding hydrogens is 242 g/mol. The van der Waals surface area contributed by atoms with E-state index in [1.54, 1.807) is 0 Å². The van der Waals surface area contributed by atoms with E-state index in [0.29, 0.717) is 38.5 Å². The summed E-state index contributed by atoms with van der Waals surface area (Å²) in [6.07, 6.45) is 2.13. The molecule has 4 nitrogen and oxygen atoms in total. The molecule has 0 spiro atoms. The molecule has 1 aliphatic rings. The summed E-state index contributed by atoms with van der Waals surface area (Å²) in [6.45, 7) is 5.41. The Morgan fingerprint density at radius 3 is 2.89 bits per heavy atom. The molecule has 0 N–H and O–H groups in total. The van der Waals surface area contributed by atoms with Crippen LogP contribution in [0.3, 0.4) is 0 Å². The molecule has 0 bridgehead atoms. The number of nitrogens with zero attached hydrogens (tertiary/aromatic N) is 1. The van der Waals surface area contributed by atoms with Gasteiger partial charge in [-0.2, -0.15) is 0 Å². The normalized spacial score (nSPS) is 15.3. The Balaban J connectivity index is 1.98. The maximum Gasteiger partial charge on any atom is 0.254 e. The van der Waals surface area contributed by atoms with Crippen LogP contribution in [-0.4, -0.2) is 43.7 Å². The molecular formula is C15H21NO3. The lowest BCUT2D eigenvalue weighted by Gasteiger charge is -2.27. The van der Waals surface area contributed by atoms with Gasteiger partial charge >= 0.3 is 0 Å². The average Bonchev–Trinajstić information content (AvgIpc) is 2.48. The van der Waals surface area contributed by atoms with Gasteiger partial charge in [0, 0.05) is 18.7 Å². The van der Waals surface area contributed by atoms with Crippen molar-refractivity contribution in [2.75, 3.05) is 32.9 Å². The maximum atomic E-state index is 12.3. The highest BCUT2D eigenvalue weighted by atomic mass is 16.5. The number of carbonyl (C=O) groups is 1. The first kappa shape index (κ1) is 13.9. The van der Waals surface area contributed by atoms with Gasteiger partial charge in [0.15, 0.2) is 0 Å². The first-order valence-corrected chi connectivity index (χ1v) is 6.91. The zero-order valence-corrected chi connectivity index (χ0v) is 11.4. The summed E-state index contributed by atoms with van der Waals surface area (Å²) in [6, 6.07) is 7.43. The summed E-state index contributed by atoms with van der Waals surface area (Å²) in [4.78, 5) is 14.1. The van der Waals surface area contributed by atoms with E-state index in [1.807, 2.05) is 29.2 Å². The molecule has 0 aromatic heterocycles. The third kappa shape index (κ3) is 3.96. The van der Waals surface area contributed by atoms with E-state index in [1.165, 1.54) is 0 Å². The minimum Gasteiger partial charge on any atom is -0.494 e. The number of carbonyl (C=O) groups excluding carboxylic acids is 1. The van der Waals surface area contributed by atoms with Crippen LogP contribution in [0, 0.1) is 0 Å². The second-order valence-electron chi connectivity index (χ2n) is 4.63. The Labute approximate surface area is 114 Å². The SMILES string of the molecule is CCCCOc1cccc(C(=O)N2CCOCC2)c1. The molecule has 1 heterocycles. The van der Waals surface area contributed by atoms with Crippen LogP contribution in [0.4, 0.5) is 0 Å². The molecule has 0 radical (unpaired) electrons. The van der Waals surface area contributed by atoms with Crippen LogP contribution in [0.2, 0.25) is 0 Å². The largest absolute Gasteiger partial charge is 0.494 e. The van der Waals surface area contributed by atoms with Crippen LogP contribution in [-0.2, 0) is 4.74 Å². The third-order valence-corrected chi connectivity index (χ3v) is 3.15. The van der Waals surface area contributed by atoms with Crippen molar-refractivity contribution in [2.24, 2.45) is 0 Å². The van der Waals surface area contributed by atoms with Gasteiger partial charge in [0.25, 0.3) is 5.91 Å². The highest BCUT2D eigenvalue weighted by molar-refractivity contribution is 5.94. The van der Waals surface area contributed by atoms with Gasteiger partial charge in [0.05, 0.1) is 19.8 Å². The van der Waals surface area contributed by atoms with Crippen molar-refractivity contribution >= 4 is 5.91 Å². The molecule has 1 aromatic carbocycles. The van der Waals surface area contributed by atoms with Crippen molar-refractivity contribution in [2.45, 2.75) is 19.8 Å². The first-order chi connectivity index (χ1) is 9.31. The number of ether oxygens (including phenoxy) is 2. The van der Waals surface area contributed by atoms with Crippen LogP contribution in [0.1, 0.15) is 30.1 Å². The molecule has 0 unspecified atom stereocenters. The topological polar surface area (TPSA) is 38.8 Å². The lowest BCUT2D eigenvalue weighted by Crippen LogP contribution is -2.40. The van der Waals surface area contributed by atoms with E-state index in [0.717, 1.165) is 18.6 Å². The van der Waals surface area contributed by atoms with Gasteiger partial charge in [-0.05, 0) is 24.6 Å². The molecule has 1 amide bonds. The first-order valence-electron chi connectivity index (χ1n) is 6.91. The molecule has 1 aromatic rings. The second kappa shape index (κ2) is 7.14. The van der Waals surface area contributed by atoms with Crippen molar-refractivity contribution < 1.29 is 14.3 Å². The molecule has 0 saturated carbocycles. The third-order valence-electron chi connectivity index (χ3n) is 3.15. The Morgan fingerprint density at radius 1 is 1.37 bits per heavy atom.